The van der Waals surface area contributed by atoms with Crippen LogP contribution < -0.4 is 5.73 Å². The summed E-state index contributed by atoms with van der Waals surface area (Å²) in [7, 11) is 0. The first kappa shape index (κ1) is 17.8. The van der Waals surface area contributed by atoms with E-state index in [1.807, 2.05) is 84.9 Å². The molecule has 0 amide bonds. The topological polar surface area (TPSA) is 62.7 Å². The van der Waals surface area contributed by atoms with Gasteiger partial charge in [-0.15, -0.1) is 0 Å². The van der Waals surface area contributed by atoms with E-state index in [0.717, 1.165) is 33.5 Å². The standard InChI is InChI=1S/C24H16ClN3/c25-22-12-5-4-11-19(22)17-9-6-10-18(13-17)20-14-23(16-7-2-1-3-8-16)28-24(27)21(20)15-26/h1-14H,(H2,27,28). The molecule has 4 heteroatoms. The van der Waals surface area contributed by atoms with E-state index >= 15 is 0 Å². The van der Waals surface area contributed by atoms with Crippen LogP contribution in [-0.4, -0.2) is 4.98 Å². The first-order valence-corrected chi connectivity index (χ1v) is 9.16. The van der Waals surface area contributed by atoms with Gasteiger partial charge in [0.05, 0.1) is 5.69 Å². The van der Waals surface area contributed by atoms with Crippen LogP contribution in [0.3, 0.4) is 0 Å². The zero-order valence-electron chi connectivity index (χ0n) is 14.9. The average Bonchev–Trinajstić information content (AvgIpc) is 2.74. The van der Waals surface area contributed by atoms with Crippen LogP contribution >= 0.6 is 11.6 Å². The second-order valence-corrected chi connectivity index (χ2v) is 6.76. The number of benzene rings is 3. The van der Waals surface area contributed by atoms with Gasteiger partial charge in [0, 0.05) is 21.7 Å². The summed E-state index contributed by atoms with van der Waals surface area (Å²) < 4.78 is 0. The van der Waals surface area contributed by atoms with Crippen LogP contribution in [0.15, 0.2) is 84.9 Å². The van der Waals surface area contributed by atoms with Gasteiger partial charge in [0.2, 0.25) is 0 Å². The van der Waals surface area contributed by atoms with Crippen molar-refractivity contribution in [3.8, 4) is 39.6 Å². The highest BCUT2D eigenvalue weighted by atomic mass is 35.5. The number of rotatable bonds is 3. The molecule has 1 aromatic heterocycles. The Labute approximate surface area is 168 Å². The first-order valence-electron chi connectivity index (χ1n) is 8.79. The fourth-order valence-electron chi connectivity index (χ4n) is 3.22. The number of halogens is 1. The van der Waals surface area contributed by atoms with E-state index in [1.165, 1.54) is 0 Å². The summed E-state index contributed by atoms with van der Waals surface area (Å²) in [6.07, 6.45) is 0. The van der Waals surface area contributed by atoms with Crippen LogP contribution in [0.25, 0.3) is 33.5 Å². The number of hydrogen-bond acceptors (Lipinski definition) is 3. The molecule has 1 heterocycles. The fraction of sp³-hybridized carbons (Fsp3) is 0. The molecule has 0 aliphatic heterocycles. The number of pyridine rings is 1. The molecule has 0 radical (unpaired) electrons. The third kappa shape index (κ3) is 3.34. The van der Waals surface area contributed by atoms with Gasteiger partial charge in [-0.1, -0.05) is 78.3 Å². The van der Waals surface area contributed by atoms with E-state index in [0.29, 0.717) is 10.6 Å². The Hall–Kier alpha value is -3.61. The highest BCUT2D eigenvalue weighted by Crippen LogP contribution is 2.34. The Kier molecular flexibility index (Phi) is 4.80. The maximum absolute atomic E-state index is 9.66. The van der Waals surface area contributed by atoms with Gasteiger partial charge < -0.3 is 5.73 Å². The van der Waals surface area contributed by atoms with Gasteiger partial charge in [-0.2, -0.15) is 5.26 Å². The predicted octanol–water partition coefficient (Wildman–Crippen LogP) is 6.19. The molecule has 0 saturated carbocycles. The second kappa shape index (κ2) is 7.56. The molecule has 0 unspecified atom stereocenters. The molecule has 0 aliphatic carbocycles. The van der Waals surface area contributed by atoms with Crippen LogP contribution in [0.2, 0.25) is 5.02 Å². The molecule has 0 bridgehead atoms. The molecular formula is C24H16ClN3. The van der Waals surface area contributed by atoms with Crippen LogP contribution in [0, 0.1) is 11.3 Å². The zero-order valence-corrected chi connectivity index (χ0v) is 15.7. The smallest absolute Gasteiger partial charge is 0.142 e. The number of aromatic nitrogens is 1. The largest absolute Gasteiger partial charge is 0.383 e. The molecule has 3 nitrogen and oxygen atoms in total. The third-order valence-corrected chi connectivity index (χ3v) is 4.92. The van der Waals surface area contributed by atoms with E-state index in [2.05, 4.69) is 11.1 Å². The minimum absolute atomic E-state index is 0.224. The highest BCUT2D eigenvalue weighted by molar-refractivity contribution is 6.33. The Morgan fingerprint density at radius 1 is 0.750 bits per heavy atom. The Morgan fingerprint density at radius 2 is 1.39 bits per heavy atom. The molecule has 28 heavy (non-hydrogen) atoms. The Balaban J connectivity index is 1.90. The van der Waals surface area contributed by atoms with Crippen LogP contribution in [0.5, 0.6) is 0 Å². The lowest BCUT2D eigenvalue weighted by Gasteiger charge is -2.12. The molecule has 4 aromatic rings. The van der Waals surface area contributed by atoms with Gasteiger partial charge in [0.15, 0.2) is 0 Å². The van der Waals surface area contributed by atoms with Gasteiger partial charge in [-0.05, 0) is 29.3 Å². The average molecular weight is 382 g/mol. The molecule has 0 fully saturated rings. The van der Waals surface area contributed by atoms with Crippen molar-refractivity contribution in [3.05, 3.63) is 95.5 Å². The number of anilines is 1. The molecule has 134 valence electrons. The van der Waals surface area contributed by atoms with Gasteiger partial charge in [0.25, 0.3) is 0 Å². The van der Waals surface area contributed by atoms with Gasteiger partial charge in [-0.25, -0.2) is 4.98 Å². The minimum Gasteiger partial charge on any atom is -0.383 e. The molecule has 4 rings (SSSR count). The van der Waals surface area contributed by atoms with E-state index in [9.17, 15) is 5.26 Å². The molecule has 0 saturated heterocycles. The number of hydrogen-bond donors (Lipinski definition) is 1. The van der Waals surface area contributed by atoms with Crippen molar-refractivity contribution < 1.29 is 0 Å². The molecule has 3 aromatic carbocycles. The number of nitrogen functional groups attached to an aromatic ring is 1. The summed E-state index contributed by atoms with van der Waals surface area (Å²) in [5.41, 5.74) is 11.7. The van der Waals surface area contributed by atoms with Gasteiger partial charge in [-0.3, -0.25) is 0 Å². The normalized spacial score (nSPS) is 10.4. The summed E-state index contributed by atoms with van der Waals surface area (Å²) in [6, 6.07) is 29.5. The molecule has 0 atom stereocenters. The minimum atomic E-state index is 0.224. The number of nitriles is 1. The lowest BCUT2D eigenvalue weighted by Crippen LogP contribution is -1.99. The second-order valence-electron chi connectivity index (χ2n) is 6.35. The van der Waals surface area contributed by atoms with Crippen LogP contribution in [0.4, 0.5) is 5.82 Å². The molecule has 2 N–H and O–H groups in total. The van der Waals surface area contributed by atoms with Gasteiger partial charge in [0.1, 0.15) is 17.5 Å². The first-order chi connectivity index (χ1) is 13.7. The van der Waals surface area contributed by atoms with Crippen molar-refractivity contribution in [2.24, 2.45) is 0 Å². The Bertz CT molecular complexity index is 1190. The zero-order chi connectivity index (χ0) is 19.5. The van der Waals surface area contributed by atoms with E-state index in [1.54, 1.807) is 0 Å². The van der Waals surface area contributed by atoms with Crippen LogP contribution in [-0.2, 0) is 0 Å². The lowest BCUT2D eigenvalue weighted by atomic mass is 9.95. The lowest BCUT2D eigenvalue weighted by molar-refractivity contribution is 1.31. The molecular weight excluding hydrogens is 366 g/mol. The van der Waals surface area contributed by atoms with Crippen molar-refractivity contribution >= 4 is 17.4 Å². The van der Waals surface area contributed by atoms with Crippen molar-refractivity contribution in [1.29, 1.82) is 5.26 Å². The summed E-state index contributed by atoms with van der Waals surface area (Å²) in [6.45, 7) is 0. The third-order valence-electron chi connectivity index (χ3n) is 4.59. The summed E-state index contributed by atoms with van der Waals surface area (Å²) in [4.78, 5) is 4.43. The summed E-state index contributed by atoms with van der Waals surface area (Å²) in [5, 5.41) is 10.3. The van der Waals surface area contributed by atoms with E-state index in [4.69, 9.17) is 17.3 Å². The van der Waals surface area contributed by atoms with Gasteiger partial charge >= 0.3 is 0 Å². The monoisotopic (exact) mass is 381 g/mol. The summed E-state index contributed by atoms with van der Waals surface area (Å²) in [5.74, 6) is 0.224. The van der Waals surface area contributed by atoms with Crippen molar-refractivity contribution in [2.75, 3.05) is 5.73 Å². The number of nitrogens with two attached hydrogens (primary N) is 1. The van der Waals surface area contributed by atoms with E-state index in [-0.39, 0.29) is 5.82 Å². The maximum Gasteiger partial charge on any atom is 0.142 e. The number of nitrogens with zero attached hydrogens (tertiary/aromatic N) is 2. The maximum atomic E-state index is 9.66. The highest BCUT2D eigenvalue weighted by Gasteiger charge is 2.14. The van der Waals surface area contributed by atoms with Crippen molar-refractivity contribution in [2.45, 2.75) is 0 Å². The molecule has 0 spiro atoms. The Morgan fingerprint density at radius 3 is 2.11 bits per heavy atom. The van der Waals surface area contributed by atoms with E-state index < -0.39 is 0 Å². The SMILES string of the molecule is N#Cc1c(-c2cccc(-c3ccccc3Cl)c2)cc(-c2ccccc2)nc1N. The van der Waals surface area contributed by atoms with Crippen LogP contribution in [0.1, 0.15) is 5.56 Å². The van der Waals surface area contributed by atoms with Crippen molar-refractivity contribution in [1.82, 2.24) is 4.98 Å². The predicted molar refractivity (Wildman–Crippen MR) is 115 cm³/mol. The quantitative estimate of drug-likeness (QED) is 0.460. The fourth-order valence-corrected chi connectivity index (χ4v) is 3.46. The molecule has 0 aliphatic rings. The van der Waals surface area contributed by atoms with Crippen molar-refractivity contribution in [3.63, 3.8) is 0 Å². The summed E-state index contributed by atoms with van der Waals surface area (Å²) >= 11 is 6.36.